The van der Waals surface area contributed by atoms with E-state index in [1.54, 1.807) is 27.6 Å². The van der Waals surface area contributed by atoms with Crippen LogP contribution in [-0.4, -0.2) is 10.6 Å². The van der Waals surface area contributed by atoms with Gasteiger partial charge in [-0.05, 0) is 38.5 Å². The Kier molecular flexibility index (Phi) is 2.91. The molecular weight excluding hydrogens is 203 g/mol. The molecule has 0 aromatic carbocycles. The molecule has 1 rings (SSSR count). The van der Waals surface area contributed by atoms with Crippen LogP contribution in [-0.2, 0) is 5.41 Å². The van der Waals surface area contributed by atoms with Gasteiger partial charge in [-0.1, -0.05) is 9.24 Å². The molecule has 0 aliphatic heterocycles. The standard InChI is InChI=1S/C10H14F2NP/c1-7-4-5-13-8(6-7)9(2,3)10(11,12)14/h4-6H,14H2,1-3H3. The molecule has 1 atom stereocenters. The first-order valence-corrected chi connectivity index (χ1v) is 4.93. The van der Waals surface area contributed by atoms with E-state index in [-0.39, 0.29) is 0 Å². The third-order valence-corrected chi connectivity index (χ3v) is 3.11. The summed E-state index contributed by atoms with van der Waals surface area (Å²) in [7, 11) is 1.58. The molecule has 1 aromatic rings. The Morgan fingerprint density at radius 2 is 1.93 bits per heavy atom. The number of hydrogen-bond donors (Lipinski definition) is 0. The van der Waals surface area contributed by atoms with Gasteiger partial charge in [0.15, 0.2) is 0 Å². The third-order valence-electron chi connectivity index (χ3n) is 2.39. The maximum absolute atomic E-state index is 13.2. The summed E-state index contributed by atoms with van der Waals surface area (Å²) in [5.74, 6) is 0. The molecule has 1 aromatic heterocycles. The first kappa shape index (κ1) is 11.5. The Hall–Kier alpha value is -0.560. The number of pyridine rings is 1. The fourth-order valence-electron chi connectivity index (χ4n) is 1.05. The van der Waals surface area contributed by atoms with Gasteiger partial charge in [0.25, 0.3) is 5.66 Å². The number of aryl methyl sites for hydroxylation is 1. The summed E-state index contributed by atoms with van der Waals surface area (Å²) in [6.45, 7) is 4.84. The second-order valence-electron chi connectivity index (χ2n) is 3.97. The van der Waals surface area contributed by atoms with Gasteiger partial charge in [-0.25, -0.2) is 8.78 Å². The Bertz CT molecular complexity index is 331. The lowest BCUT2D eigenvalue weighted by Gasteiger charge is -2.30. The molecule has 0 N–H and O–H groups in total. The van der Waals surface area contributed by atoms with Gasteiger partial charge in [0.2, 0.25) is 0 Å². The maximum Gasteiger partial charge on any atom is 0.269 e. The van der Waals surface area contributed by atoms with E-state index in [9.17, 15) is 8.78 Å². The Balaban J connectivity index is 3.16. The van der Waals surface area contributed by atoms with Crippen LogP contribution in [0.15, 0.2) is 18.3 Å². The van der Waals surface area contributed by atoms with Crippen LogP contribution in [0.25, 0.3) is 0 Å². The summed E-state index contributed by atoms with van der Waals surface area (Å²) in [6, 6.07) is 3.48. The molecule has 0 aliphatic rings. The predicted molar refractivity (Wildman–Crippen MR) is 56.7 cm³/mol. The summed E-state index contributed by atoms with van der Waals surface area (Å²) in [4.78, 5) is 3.98. The lowest BCUT2D eigenvalue weighted by molar-refractivity contribution is 0.0265. The first-order chi connectivity index (χ1) is 6.25. The van der Waals surface area contributed by atoms with Crippen molar-refractivity contribution in [2.45, 2.75) is 31.8 Å². The zero-order valence-electron chi connectivity index (χ0n) is 8.51. The van der Waals surface area contributed by atoms with E-state index in [0.717, 1.165) is 5.56 Å². The lowest BCUT2D eigenvalue weighted by Crippen LogP contribution is -2.35. The Morgan fingerprint density at radius 3 is 2.36 bits per heavy atom. The highest BCUT2D eigenvalue weighted by Crippen LogP contribution is 2.43. The zero-order valence-corrected chi connectivity index (χ0v) is 9.67. The largest absolute Gasteiger partial charge is 0.269 e. The molecular formula is C10H14F2NP. The second kappa shape index (κ2) is 3.54. The molecule has 0 saturated heterocycles. The number of aromatic nitrogens is 1. The van der Waals surface area contributed by atoms with Crippen molar-refractivity contribution in [2.75, 3.05) is 0 Å². The Morgan fingerprint density at radius 1 is 1.36 bits per heavy atom. The minimum Gasteiger partial charge on any atom is -0.260 e. The molecule has 0 saturated carbocycles. The van der Waals surface area contributed by atoms with Crippen molar-refractivity contribution in [3.63, 3.8) is 0 Å². The third kappa shape index (κ3) is 2.09. The van der Waals surface area contributed by atoms with Crippen LogP contribution in [0.2, 0.25) is 0 Å². The van der Waals surface area contributed by atoms with Gasteiger partial charge >= 0.3 is 0 Å². The van der Waals surface area contributed by atoms with E-state index >= 15 is 0 Å². The predicted octanol–water partition coefficient (Wildman–Crippen LogP) is 3.14. The van der Waals surface area contributed by atoms with Gasteiger partial charge < -0.3 is 0 Å². The van der Waals surface area contributed by atoms with E-state index in [4.69, 9.17) is 0 Å². The van der Waals surface area contributed by atoms with Crippen LogP contribution in [0, 0.1) is 6.92 Å². The molecule has 0 fully saturated rings. The van der Waals surface area contributed by atoms with Crippen LogP contribution >= 0.6 is 9.24 Å². The molecule has 0 aliphatic carbocycles. The van der Waals surface area contributed by atoms with Crippen molar-refractivity contribution in [1.82, 2.24) is 4.98 Å². The van der Waals surface area contributed by atoms with E-state index in [2.05, 4.69) is 4.98 Å². The average Bonchev–Trinajstić information content (AvgIpc) is 2.02. The smallest absolute Gasteiger partial charge is 0.260 e. The number of hydrogen-bond acceptors (Lipinski definition) is 1. The molecule has 14 heavy (non-hydrogen) atoms. The van der Waals surface area contributed by atoms with Crippen LogP contribution in [0.5, 0.6) is 0 Å². The van der Waals surface area contributed by atoms with Crippen molar-refractivity contribution >= 4 is 9.24 Å². The van der Waals surface area contributed by atoms with Gasteiger partial charge in [-0.3, -0.25) is 4.98 Å². The van der Waals surface area contributed by atoms with Gasteiger partial charge in [0.05, 0.1) is 11.1 Å². The van der Waals surface area contributed by atoms with Crippen molar-refractivity contribution in [2.24, 2.45) is 0 Å². The van der Waals surface area contributed by atoms with Crippen molar-refractivity contribution in [1.29, 1.82) is 0 Å². The fourth-order valence-corrected chi connectivity index (χ4v) is 1.20. The number of nitrogens with zero attached hydrogens (tertiary/aromatic N) is 1. The van der Waals surface area contributed by atoms with Gasteiger partial charge in [0, 0.05) is 6.20 Å². The fraction of sp³-hybridized carbons (Fsp3) is 0.500. The van der Waals surface area contributed by atoms with Crippen LogP contribution in [0.1, 0.15) is 25.1 Å². The number of halogens is 2. The monoisotopic (exact) mass is 217 g/mol. The summed E-state index contributed by atoms with van der Waals surface area (Å²) in [5.41, 5.74) is -2.76. The summed E-state index contributed by atoms with van der Waals surface area (Å²) in [5, 5.41) is 0. The van der Waals surface area contributed by atoms with E-state index in [0.29, 0.717) is 5.69 Å². The van der Waals surface area contributed by atoms with Gasteiger partial charge in [0.1, 0.15) is 0 Å². The number of rotatable bonds is 2. The van der Waals surface area contributed by atoms with E-state index in [1.807, 2.05) is 6.92 Å². The number of alkyl halides is 2. The molecule has 0 spiro atoms. The normalized spacial score (nSPS) is 13.0. The zero-order chi connectivity index (χ0) is 11.0. The molecule has 4 heteroatoms. The van der Waals surface area contributed by atoms with Gasteiger partial charge in [-0.15, -0.1) is 0 Å². The minimum absolute atomic E-state index is 0.414. The average molecular weight is 217 g/mol. The summed E-state index contributed by atoms with van der Waals surface area (Å²) < 4.78 is 26.5. The molecule has 1 unspecified atom stereocenters. The van der Waals surface area contributed by atoms with Crippen molar-refractivity contribution < 1.29 is 8.78 Å². The summed E-state index contributed by atoms with van der Waals surface area (Å²) in [6.07, 6.45) is 1.56. The topological polar surface area (TPSA) is 12.9 Å². The first-order valence-electron chi connectivity index (χ1n) is 4.35. The van der Waals surface area contributed by atoms with Gasteiger partial charge in [-0.2, -0.15) is 0 Å². The highest BCUT2D eigenvalue weighted by molar-refractivity contribution is 7.18. The van der Waals surface area contributed by atoms with Crippen LogP contribution in [0.3, 0.4) is 0 Å². The molecule has 0 amide bonds. The quantitative estimate of drug-likeness (QED) is 0.693. The second-order valence-corrected chi connectivity index (χ2v) is 4.69. The maximum atomic E-state index is 13.2. The molecule has 0 radical (unpaired) electrons. The molecule has 1 heterocycles. The van der Waals surface area contributed by atoms with Crippen molar-refractivity contribution in [3.8, 4) is 0 Å². The highest BCUT2D eigenvalue weighted by Gasteiger charge is 2.44. The van der Waals surface area contributed by atoms with E-state index in [1.165, 1.54) is 13.8 Å². The minimum atomic E-state index is -2.85. The van der Waals surface area contributed by atoms with Crippen LogP contribution in [0.4, 0.5) is 8.78 Å². The molecule has 78 valence electrons. The van der Waals surface area contributed by atoms with Crippen LogP contribution < -0.4 is 0 Å². The summed E-state index contributed by atoms with van der Waals surface area (Å²) >= 11 is 0. The lowest BCUT2D eigenvalue weighted by atomic mass is 9.88. The van der Waals surface area contributed by atoms with Crippen molar-refractivity contribution in [3.05, 3.63) is 29.6 Å². The molecule has 1 nitrogen and oxygen atoms in total. The SMILES string of the molecule is Cc1ccnc(C(C)(C)C(F)(F)P)c1. The molecule has 0 bridgehead atoms. The van der Waals surface area contributed by atoms with E-state index < -0.39 is 11.1 Å². The highest BCUT2D eigenvalue weighted by atomic mass is 31.0. The Labute approximate surface area is 85.1 Å².